The van der Waals surface area contributed by atoms with Crippen molar-refractivity contribution < 1.29 is 18.7 Å². The largest absolute Gasteiger partial charge is 0.486 e. The molecule has 0 saturated carbocycles. The van der Waals surface area contributed by atoms with Crippen LogP contribution in [0.5, 0.6) is 11.5 Å². The van der Waals surface area contributed by atoms with Crippen LogP contribution in [0, 0.1) is 6.92 Å². The van der Waals surface area contributed by atoms with E-state index in [1.807, 2.05) is 56.3 Å². The average molecular weight is 351 g/mol. The molecule has 0 radical (unpaired) electrons. The molecule has 3 aromatic rings. The molecular weight excluding hydrogens is 330 g/mol. The van der Waals surface area contributed by atoms with Crippen LogP contribution in [0.4, 0.5) is 0 Å². The third kappa shape index (κ3) is 2.90. The van der Waals surface area contributed by atoms with Gasteiger partial charge in [0.2, 0.25) is 0 Å². The van der Waals surface area contributed by atoms with Crippen LogP contribution in [0.2, 0.25) is 0 Å². The van der Waals surface area contributed by atoms with Crippen molar-refractivity contribution in [2.45, 2.75) is 20.4 Å². The zero-order chi connectivity index (χ0) is 18.1. The number of nitrogens with zero attached hydrogens (tertiary/aromatic N) is 1. The number of fused-ring (bicyclic) bond motifs is 2. The second-order valence-corrected chi connectivity index (χ2v) is 6.35. The first-order valence-corrected chi connectivity index (χ1v) is 8.83. The lowest BCUT2D eigenvalue weighted by atomic mass is 10.1. The first-order valence-electron chi connectivity index (χ1n) is 8.83. The van der Waals surface area contributed by atoms with E-state index in [9.17, 15) is 4.79 Å². The van der Waals surface area contributed by atoms with E-state index in [2.05, 4.69) is 0 Å². The van der Waals surface area contributed by atoms with Gasteiger partial charge in [-0.2, -0.15) is 0 Å². The Morgan fingerprint density at radius 1 is 1.08 bits per heavy atom. The molecule has 0 fully saturated rings. The summed E-state index contributed by atoms with van der Waals surface area (Å²) in [5.41, 5.74) is 2.62. The maximum atomic E-state index is 13.0. The van der Waals surface area contributed by atoms with E-state index in [1.54, 1.807) is 4.90 Å². The third-order valence-electron chi connectivity index (χ3n) is 4.69. The van der Waals surface area contributed by atoms with Gasteiger partial charge in [-0.25, -0.2) is 0 Å². The molecule has 0 atom stereocenters. The number of amides is 1. The normalized spacial score (nSPS) is 13.0. The van der Waals surface area contributed by atoms with Crippen LogP contribution in [0.15, 0.2) is 46.9 Å². The van der Waals surface area contributed by atoms with Crippen LogP contribution in [0.3, 0.4) is 0 Å². The van der Waals surface area contributed by atoms with E-state index in [0.29, 0.717) is 32.1 Å². The van der Waals surface area contributed by atoms with Gasteiger partial charge in [0.05, 0.1) is 0 Å². The SMILES string of the molecule is CCN(Cc1ccc2c(c1)OCCO2)C(=O)c1oc2ccccc2c1C. The summed E-state index contributed by atoms with van der Waals surface area (Å²) in [4.78, 5) is 14.8. The van der Waals surface area contributed by atoms with Gasteiger partial charge in [-0.1, -0.05) is 24.3 Å². The molecule has 26 heavy (non-hydrogen) atoms. The highest BCUT2D eigenvalue weighted by Crippen LogP contribution is 2.31. The fraction of sp³-hybridized carbons (Fsp3) is 0.286. The number of carbonyl (C=O) groups excluding carboxylic acids is 1. The van der Waals surface area contributed by atoms with Crippen molar-refractivity contribution in [3.8, 4) is 11.5 Å². The van der Waals surface area contributed by atoms with Gasteiger partial charge in [0.25, 0.3) is 5.91 Å². The highest BCUT2D eigenvalue weighted by Gasteiger charge is 2.23. The number of rotatable bonds is 4. The second-order valence-electron chi connectivity index (χ2n) is 6.35. The van der Waals surface area contributed by atoms with E-state index in [0.717, 1.165) is 33.6 Å². The van der Waals surface area contributed by atoms with Gasteiger partial charge < -0.3 is 18.8 Å². The van der Waals surface area contributed by atoms with Crippen molar-refractivity contribution in [2.24, 2.45) is 0 Å². The number of aryl methyl sites for hydroxylation is 1. The Hall–Kier alpha value is -2.95. The summed E-state index contributed by atoms with van der Waals surface area (Å²) < 4.78 is 17.0. The minimum Gasteiger partial charge on any atom is -0.486 e. The van der Waals surface area contributed by atoms with Crippen molar-refractivity contribution in [3.05, 3.63) is 59.4 Å². The van der Waals surface area contributed by atoms with Crippen LogP contribution in [0.1, 0.15) is 28.6 Å². The van der Waals surface area contributed by atoms with E-state index in [-0.39, 0.29) is 5.91 Å². The van der Waals surface area contributed by atoms with Crippen LogP contribution >= 0.6 is 0 Å². The Kier molecular flexibility index (Phi) is 4.29. The van der Waals surface area contributed by atoms with Crippen molar-refractivity contribution in [3.63, 3.8) is 0 Å². The molecule has 0 N–H and O–H groups in total. The summed E-state index contributed by atoms with van der Waals surface area (Å²) in [6.45, 7) is 6.08. The topological polar surface area (TPSA) is 51.9 Å². The van der Waals surface area contributed by atoms with Gasteiger partial charge >= 0.3 is 0 Å². The van der Waals surface area contributed by atoms with Gasteiger partial charge in [0.15, 0.2) is 17.3 Å². The summed E-state index contributed by atoms with van der Waals surface area (Å²) in [5.74, 6) is 1.79. The van der Waals surface area contributed by atoms with Gasteiger partial charge in [-0.15, -0.1) is 0 Å². The first kappa shape index (κ1) is 16.5. The molecule has 0 saturated heterocycles. The van der Waals surface area contributed by atoms with Gasteiger partial charge in [-0.05, 0) is 37.6 Å². The third-order valence-corrected chi connectivity index (χ3v) is 4.69. The molecule has 0 aliphatic carbocycles. The molecule has 2 aromatic carbocycles. The van der Waals surface area contributed by atoms with E-state index in [1.165, 1.54) is 0 Å². The van der Waals surface area contributed by atoms with Crippen LogP contribution < -0.4 is 9.47 Å². The Bertz CT molecular complexity index is 960. The Labute approximate surface area is 152 Å². The minimum absolute atomic E-state index is 0.101. The predicted octanol–water partition coefficient (Wildman–Crippen LogP) is 4.17. The highest BCUT2D eigenvalue weighted by atomic mass is 16.6. The lowest BCUT2D eigenvalue weighted by Crippen LogP contribution is -2.30. The number of furan rings is 1. The molecule has 2 heterocycles. The van der Waals surface area contributed by atoms with Crippen LogP contribution in [-0.4, -0.2) is 30.6 Å². The Morgan fingerprint density at radius 3 is 2.62 bits per heavy atom. The molecule has 5 heteroatoms. The quantitative estimate of drug-likeness (QED) is 0.708. The van der Waals surface area contributed by atoms with Crippen LogP contribution in [-0.2, 0) is 6.54 Å². The lowest BCUT2D eigenvalue weighted by Gasteiger charge is -2.22. The van der Waals surface area contributed by atoms with Crippen molar-refractivity contribution in [2.75, 3.05) is 19.8 Å². The zero-order valence-electron chi connectivity index (χ0n) is 15.0. The van der Waals surface area contributed by atoms with Crippen molar-refractivity contribution >= 4 is 16.9 Å². The van der Waals surface area contributed by atoms with Crippen molar-refractivity contribution in [1.29, 1.82) is 0 Å². The molecule has 0 spiro atoms. The fourth-order valence-electron chi connectivity index (χ4n) is 3.26. The summed E-state index contributed by atoms with van der Waals surface area (Å²) >= 11 is 0. The summed E-state index contributed by atoms with van der Waals surface area (Å²) in [7, 11) is 0. The molecule has 1 amide bonds. The standard InChI is InChI=1S/C21H21NO4/c1-3-22(13-15-8-9-18-19(12-15)25-11-10-24-18)21(23)20-14(2)16-6-4-5-7-17(16)26-20/h4-9,12H,3,10-11,13H2,1-2H3. The fourth-order valence-corrected chi connectivity index (χ4v) is 3.26. The molecule has 4 rings (SSSR count). The smallest absolute Gasteiger partial charge is 0.290 e. The summed E-state index contributed by atoms with van der Waals surface area (Å²) in [6, 6.07) is 13.5. The molecule has 1 aromatic heterocycles. The van der Waals surface area contributed by atoms with E-state index < -0.39 is 0 Å². The molecule has 1 aliphatic rings. The Morgan fingerprint density at radius 2 is 1.85 bits per heavy atom. The monoisotopic (exact) mass is 351 g/mol. The summed E-state index contributed by atoms with van der Waals surface area (Å²) in [6.07, 6.45) is 0. The van der Waals surface area contributed by atoms with Gasteiger partial charge in [0.1, 0.15) is 18.8 Å². The number of benzene rings is 2. The van der Waals surface area contributed by atoms with Gasteiger partial charge in [0, 0.05) is 24.0 Å². The molecule has 5 nitrogen and oxygen atoms in total. The molecule has 0 bridgehead atoms. The number of hydrogen-bond donors (Lipinski definition) is 0. The minimum atomic E-state index is -0.101. The maximum Gasteiger partial charge on any atom is 0.290 e. The molecular formula is C21H21NO4. The maximum absolute atomic E-state index is 13.0. The predicted molar refractivity (Wildman–Crippen MR) is 98.8 cm³/mol. The lowest BCUT2D eigenvalue weighted by molar-refractivity contribution is 0.0721. The van der Waals surface area contributed by atoms with Gasteiger partial charge in [-0.3, -0.25) is 4.79 Å². The van der Waals surface area contributed by atoms with Crippen LogP contribution in [0.25, 0.3) is 11.0 Å². The number of ether oxygens (including phenoxy) is 2. The van der Waals surface area contributed by atoms with E-state index >= 15 is 0 Å². The van der Waals surface area contributed by atoms with Crippen molar-refractivity contribution in [1.82, 2.24) is 4.90 Å². The number of para-hydroxylation sites is 1. The number of hydrogen-bond acceptors (Lipinski definition) is 4. The second kappa shape index (κ2) is 6.75. The molecule has 1 aliphatic heterocycles. The summed E-state index contributed by atoms with van der Waals surface area (Å²) in [5, 5.41) is 0.978. The first-order chi connectivity index (χ1) is 12.7. The molecule has 134 valence electrons. The number of carbonyl (C=O) groups is 1. The highest BCUT2D eigenvalue weighted by molar-refractivity contribution is 5.98. The molecule has 0 unspecified atom stereocenters. The Balaban J connectivity index is 1.60. The van der Waals surface area contributed by atoms with E-state index in [4.69, 9.17) is 13.9 Å². The zero-order valence-corrected chi connectivity index (χ0v) is 15.0. The average Bonchev–Trinajstić information content (AvgIpc) is 3.02.